The van der Waals surface area contributed by atoms with Crippen LogP contribution in [0.25, 0.3) is 0 Å². The largest absolute Gasteiger partial charge is 0.497 e. The van der Waals surface area contributed by atoms with Crippen molar-refractivity contribution in [2.24, 2.45) is 0 Å². The van der Waals surface area contributed by atoms with Crippen molar-refractivity contribution in [3.63, 3.8) is 0 Å². The highest BCUT2D eigenvalue weighted by atomic mass is 16.5. The Kier molecular flexibility index (Phi) is 23.8. The van der Waals surface area contributed by atoms with Crippen molar-refractivity contribution in [2.75, 3.05) is 86.3 Å². The van der Waals surface area contributed by atoms with E-state index in [-0.39, 0.29) is 17.5 Å². The summed E-state index contributed by atoms with van der Waals surface area (Å²) in [7, 11) is 13.7. The molecule has 14 heteroatoms. The molecule has 0 unspecified atom stereocenters. The molecule has 13 aromatic rings. The first-order valence-electron chi connectivity index (χ1n) is 40.2. The molecule has 13 aromatic carbocycles. The van der Waals surface area contributed by atoms with Crippen molar-refractivity contribution in [1.29, 1.82) is 0 Å². The minimum absolute atomic E-state index is 0.195. The van der Waals surface area contributed by atoms with Crippen molar-refractivity contribution in [3.8, 4) is 46.0 Å². The van der Waals surface area contributed by atoms with Gasteiger partial charge in [-0.15, -0.1) is 0 Å². The Hall–Kier alpha value is -12.9. The summed E-state index contributed by atoms with van der Waals surface area (Å²) in [5, 5.41) is 0. The lowest BCUT2D eigenvalue weighted by Gasteiger charge is -2.43. The third-order valence-corrected chi connectivity index (χ3v) is 23.5. The Morgan fingerprint density at radius 3 is 0.698 bits per heavy atom. The number of rotatable bonds is 28. The second kappa shape index (κ2) is 35.2. The first-order valence-corrected chi connectivity index (χ1v) is 40.2. The van der Waals surface area contributed by atoms with Gasteiger partial charge >= 0.3 is 0 Å². The van der Waals surface area contributed by atoms with Crippen molar-refractivity contribution in [3.05, 3.63) is 325 Å². The smallest absolute Gasteiger partial charge is 0.119 e. The summed E-state index contributed by atoms with van der Waals surface area (Å²) in [4.78, 5) is 14.5. The van der Waals surface area contributed by atoms with Gasteiger partial charge < -0.3 is 67.3 Å². The molecule has 590 valence electrons. The Morgan fingerprint density at radius 1 is 0.216 bits per heavy atom. The molecule has 2 aliphatic rings. The molecule has 0 radical (unpaired) electrons. The molecule has 0 amide bonds. The van der Waals surface area contributed by atoms with E-state index in [0.29, 0.717) is 0 Å². The maximum absolute atomic E-state index is 5.74. The molecule has 0 spiro atoms. The third-order valence-electron chi connectivity index (χ3n) is 23.5. The van der Waals surface area contributed by atoms with Gasteiger partial charge in [0.15, 0.2) is 0 Å². The van der Waals surface area contributed by atoms with Crippen LogP contribution in [-0.2, 0) is 5.41 Å². The van der Waals surface area contributed by atoms with Crippen LogP contribution in [0.3, 0.4) is 0 Å². The molecule has 2 fully saturated rings. The van der Waals surface area contributed by atoms with Gasteiger partial charge in [0.25, 0.3) is 0 Å². The van der Waals surface area contributed by atoms with E-state index >= 15 is 0 Å². The quantitative estimate of drug-likeness (QED) is 0.0466. The summed E-state index contributed by atoms with van der Waals surface area (Å²) >= 11 is 0. The molecule has 0 saturated heterocycles. The van der Waals surface area contributed by atoms with Gasteiger partial charge in [-0.25, -0.2) is 0 Å². The van der Waals surface area contributed by atoms with E-state index in [4.69, 9.17) is 37.9 Å². The predicted octanol–water partition coefficient (Wildman–Crippen LogP) is 26.4. The van der Waals surface area contributed by atoms with Crippen LogP contribution in [0.2, 0.25) is 0 Å². The summed E-state index contributed by atoms with van der Waals surface area (Å²) < 4.78 is 45.5. The lowest BCUT2D eigenvalue weighted by atomic mass is 9.65. The number of anilines is 16. The molecule has 0 atom stereocenters. The van der Waals surface area contributed by atoms with Crippen LogP contribution in [0.15, 0.2) is 291 Å². The monoisotopic (exact) mass is 1540 g/mol. The van der Waals surface area contributed by atoms with E-state index in [1.165, 1.54) is 34.5 Å². The van der Waals surface area contributed by atoms with Gasteiger partial charge in [0, 0.05) is 108 Å². The maximum atomic E-state index is 5.74. The predicted molar refractivity (Wildman–Crippen MR) is 476 cm³/mol. The number of nitrogens with zero attached hydrogens (tertiary/aromatic N) is 6. The van der Waals surface area contributed by atoms with E-state index in [1.54, 1.807) is 56.9 Å². The van der Waals surface area contributed by atoms with Crippen LogP contribution in [0, 0.1) is 27.7 Å². The van der Waals surface area contributed by atoms with Crippen LogP contribution in [-0.4, -0.2) is 69.0 Å². The molecule has 0 aliphatic heterocycles. The zero-order valence-electron chi connectivity index (χ0n) is 68.7. The van der Waals surface area contributed by atoms with Gasteiger partial charge in [-0.3, -0.25) is 0 Å². The number of aryl methyl sites for hydroxylation is 4. The number of methoxy groups -OCH3 is 8. The van der Waals surface area contributed by atoms with E-state index in [9.17, 15) is 0 Å². The molecule has 15 rings (SSSR count). The topological polar surface area (TPSA) is 93.3 Å². The van der Waals surface area contributed by atoms with Gasteiger partial charge in [0.05, 0.1) is 56.9 Å². The molecule has 0 heterocycles. The van der Waals surface area contributed by atoms with Crippen LogP contribution in [0.5, 0.6) is 46.0 Å². The molecule has 2 saturated carbocycles. The van der Waals surface area contributed by atoms with Crippen LogP contribution >= 0.6 is 0 Å². The molecule has 2 aliphatic carbocycles. The van der Waals surface area contributed by atoms with E-state index in [1.807, 2.05) is 54.6 Å². The summed E-state index contributed by atoms with van der Waals surface area (Å²) in [6.07, 6.45) is 9.45. The summed E-state index contributed by atoms with van der Waals surface area (Å²) in [6.45, 7) is 8.60. The van der Waals surface area contributed by atoms with Gasteiger partial charge in [-0.1, -0.05) is 43.5 Å². The molecule has 14 nitrogen and oxygen atoms in total. The van der Waals surface area contributed by atoms with Gasteiger partial charge in [-0.05, 0) is 367 Å². The highest BCUT2D eigenvalue weighted by molar-refractivity contribution is 5.86. The number of ether oxygens (including phenoxy) is 8. The average molecular weight is 1540 g/mol. The van der Waals surface area contributed by atoms with Gasteiger partial charge in [0.2, 0.25) is 0 Å². The third kappa shape index (κ3) is 16.3. The van der Waals surface area contributed by atoms with Crippen LogP contribution in [0.4, 0.5) is 91.0 Å². The number of hydrogen-bond acceptors (Lipinski definition) is 14. The first kappa shape index (κ1) is 78.3. The van der Waals surface area contributed by atoms with Crippen molar-refractivity contribution in [1.82, 2.24) is 0 Å². The van der Waals surface area contributed by atoms with E-state index < -0.39 is 0 Å². The second-order valence-electron chi connectivity index (χ2n) is 30.2. The van der Waals surface area contributed by atoms with Crippen molar-refractivity contribution in [2.45, 2.75) is 103 Å². The average Bonchev–Trinajstić information content (AvgIpc) is 0.625. The number of benzene rings is 13. The molecular weight excluding hydrogens is 1440 g/mol. The highest BCUT2D eigenvalue weighted by Crippen LogP contribution is 2.51. The normalized spacial score (nSPS) is 14.3. The van der Waals surface area contributed by atoms with Crippen LogP contribution in [0.1, 0.15) is 91.2 Å². The van der Waals surface area contributed by atoms with E-state index in [2.05, 4.69) is 294 Å². The maximum Gasteiger partial charge on any atom is 0.119 e. The van der Waals surface area contributed by atoms with Crippen molar-refractivity contribution < 1.29 is 37.9 Å². The zero-order valence-corrected chi connectivity index (χ0v) is 68.7. The standard InChI is InChI=1S/C102H104N6O8/c1-70-66-94(113-9)56-60-98(70)105(86-40-48-90(109-5)49-41-86)82-32-24-78(25-33-82)103(79-26-34-83(35-27-79)106(87-42-50-91(110-6)51-43-87)99-61-57-95(114-10)67-71(99)2)76-20-16-74(17-21-76)102(64-14-13-15-65-102)75-18-22-77(23-19-75)104(80-28-36-84(37-29-80)107(88-44-52-92(111-7)53-45-88)100-62-58-96(115-11)68-72(100)3)81-30-38-85(39-31-81)108(89-46-54-93(112-8)55-47-89)101-63-59-97(116-12)69-73(101)4/h16-29,32-37,40-63,66-69,81,85H,13-15,30-31,38-39,64-65H2,1-12H3. The minimum Gasteiger partial charge on any atom is -0.497 e. The highest BCUT2D eigenvalue weighted by Gasteiger charge is 2.38. The Bertz CT molecular complexity index is 5290. The number of hydrogen-bond donors (Lipinski definition) is 0. The minimum atomic E-state index is -0.224. The summed E-state index contributed by atoms with van der Waals surface area (Å²) in [5.74, 6) is 6.49. The van der Waals surface area contributed by atoms with Crippen LogP contribution < -0.4 is 67.3 Å². The lowest BCUT2D eigenvalue weighted by Crippen LogP contribution is -2.41. The molecule has 0 N–H and O–H groups in total. The first-order chi connectivity index (χ1) is 56.7. The Labute approximate surface area is 684 Å². The zero-order chi connectivity index (χ0) is 80.4. The lowest BCUT2D eigenvalue weighted by molar-refractivity contribution is 0.346. The van der Waals surface area contributed by atoms with E-state index in [0.717, 1.165) is 194 Å². The Morgan fingerprint density at radius 2 is 0.422 bits per heavy atom. The molecule has 0 aromatic heterocycles. The summed E-state index contributed by atoms with van der Waals surface area (Å²) in [6, 6.07) is 105. The van der Waals surface area contributed by atoms with Gasteiger partial charge in [0.1, 0.15) is 46.0 Å². The Balaban J connectivity index is 0.800. The molecule has 116 heavy (non-hydrogen) atoms. The summed E-state index contributed by atoms with van der Waals surface area (Å²) in [5.41, 5.74) is 23.8. The molecule has 0 bridgehead atoms. The fourth-order valence-corrected chi connectivity index (χ4v) is 17.4. The van der Waals surface area contributed by atoms with Gasteiger partial charge in [-0.2, -0.15) is 0 Å². The second-order valence-corrected chi connectivity index (χ2v) is 30.2. The fourth-order valence-electron chi connectivity index (χ4n) is 17.4. The van der Waals surface area contributed by atoms with Crippen molar-refractivity contribution >= 4 is 91.0 Å². The fraction of sp³-hybridized carbons (Fsp3) is 0.235. The molecular formula is C102H104N6O8. The SMILES string of the molecule is COc1ccc(N(c2ccc(N(c3ccc(N(c4ccc(OC)cc4)c4ccc(OC)cc4C)cc3)c3ccc(C4(c5ccc(N(c6ccc(N(c7ccc(OC)cc7)c7ccc(OC)cc7C)cc6)C6CCC(N(c7ccc(OC)cc7)c7ccc(OC)cc7C)CC6)cc5)CCCCC4)cc3)cc2)c2ccc(OC)cc2C)cc1.